The molecule has 2 rings (SSSR count). The van der Waals surface area contributed by atoms with E-state index in [-0.39, 0.29) is 5.69 Å². The highest BCUT2D eigenvalue weighted by Crippen LogP contribution is 2.21. The number of hydrogen-bond acceptors (Lipinski definition) is 7. The first-order chi connectivity index (χ1) is 11.9. The summed E-state index contributed by atoms with van der Waals surface area (Å²) in [6.45, 7) is 4.82. The summed E-state index contributed by atoms with van der Waals surface area (Å²) in [5.74, 6) is -1.73. The van der Waals surface area contributed by atoms with Crippen molar-refractivity contribution in [3.63, 3.8) is 0 Å². The lowest BCUT2D eigenvalue weighted by molar-refractivity contribution is -0.119. The number of nitrogens with one attached hydrogen (secondary N) is 2. The number of hydrogen-bond donors (Lipinski definition) is 2. The second-order valence-electron chi connectivity index (χ2n) is 5.24. The van der Waals surface area contributed by atoms with Crippen LogP contribution in [0.15, 0.2) is 5.38 Å². The second-order valence-corrected chi connectivity index (χ2v) is 6.10. The van der Waals surface area contributed by atoms with E-state index in [0.717, 1.165) is 5.69 Å². The van der Waals surface area contributed by atoms with E-state index in [9.17, 15) is 14.4 Å². The minimum absolute atomic E-state index is 0.134. The average molecular weight is 365 g/mol. The van der Waals surface area contributed by atoms with Gasteiger partial charge in [-0.15, -0.1) is 11.3 Å². The van der Waals surface area contributed by atoms with E-state index in [1.807, 2.05) is 13.8 Å². The number of thiazole rings is 1. The molecule has 2 heterocycles. The van der Waals surface area contributed by atoms with E-state index >= 15 is 0 Å². The first-order valence-electron chi connectivity index (χ1n) is 7.56. The Hall–Kier alpha value is -2.68. The van der Waals surface area contributed by atoms with Gasteiger partial charge in [0.1, 0.15) is 5.69 Å². The van der Waals surface area contributed by atoms with Gasteiger partial charge in [0.25, 0.3) is 5.91 Å². The Balaban J connectivity index is 2.04. The van der Waals surface area contributed by atoms with Crippen molar-refractivity contribution in [1.29, 1.82) is 0 Å². The van der Waals surface area contributed by atoms with Crippen molar-refractivity contribution in [2.45, 2.75) is 27.2 Å². The molecule has 0 fully saturated rings. The standard InChI is InChI=1S/C16H19N3O5S/c1-5-10-12(14(21)23-4)9(3)13(18-10)15(22)24-6-11(20)19-16-17-8(2)7-25-16/h7,18H,5-6H2,1-4H3,(H,17,19,20). The predicted octanol–water partition coefficient (Wildman–Crippen LogP) is 2.23. The van der Waals surface area contributed by atoms with Crippen molar-refractivity contribution in [3.05, 3.63) is 33.6 Å². The van der Waals surface area contributed by atoms with Crippen LogP contribution >= 0.6 is 11.3 Å². The third-order valence-corrected chi connectivity index (χ3v) is 4.35. The lowest BCUT2D eigenvalue weighted by Gasteiger charge is -2.04. The Labute approximate surface area is 148 Å². The Kier molecular flexibility index (Phi) is 5.92. The van der Waals surface area contributed by atoms with E-state index in [1.54, 1.807) is 12.3 Å². The highest BCUT2D eigenvalue weighted by Gasteiger charge is 2.24. The maximum Gasteiger partial charge on any atom is 0.355 e. The van der Waals surface area contributed by atoms with Crippen LogP contribution in [0.4, 0.5) is 5.13 Å². The lowest BCUT2D eigenvalue weighted by atomic mass is 10.1. The lowest BCUT2D eigenvalue weighted by Crippen LogP contribution is -2.21. The topological polar surface area (TPSA) is 110 Å². The van der Waals surface area contributed by atoms with Gasteiger partial charge >= 0.3 is 11.9 Å². The number of esters is 2. The largest absolute Gasteiger partial charge is 0.465 e. The molecule has 0 saturated carbocycles. The summed E-state index contributed by atoms with van der Waals surface area (Å²) < 4.78 is 9.76. The van der Waals surface area contributed by atoms with Crippen molar-refractivity contribution in [2.24, 2.45) is 0 Å². The van der Waals surface area contributed by atoms with Crippen LogP contribution in [0.2, 0.25) is 0 Å². The number of amides is 1. The summed E-state index contributed by atoms with van der Waals surface area (Å²) in [5.41, 5.74) is 2.26. The van der Waals surface area contributed by atoms with Crippen LogP contribution in [0.5, 0.6) is 0 Å². The smallest absolute Gasteiger partial charge is 0.355 e. The maximum absolute atomic E-state index is 12.2. The Morgan fingerprint density at radius 2 is 2.00 bits per heavy atom. The molecule has 1 amide bonds. The first-order valence-corrected chi connectivity index (χ1v) is 8.44. The van der Waals surface area contributed by atoms with Gasteiger partial charge in [-0.1, -0.05) is 6.92 Å². The van der Waals surface area contributed by atoms with Gasteiger partial charge in [0, 0.05) is 11.1 Å². The molecular formula is C16H19N3O5S. The number of aromatic amines is 1. The number of rotatable bonds is 6. The summed E-state index contributed by atoms with van der Waals surface area (Å²) in [6, 6.07) is 0. The minimum atomic E-state index is -0.715. The predicted molar refractivity (Wildman–Crippen MR) is 92.0 cm³/mol. The molecule has 0 atom stereocenters. The number of anilines is 1. The molecule has 0 aliphatic rings. The fourth-order valence-electron chi connectivity index (χ4n) is 2.28. The number of aromatic nitrogens is 2. The molecule has 0 aromatic carbocycles. The monoisotopic (exact) mass is 365 g/mol. The van der Waals surface area contributed by atoms with E-state index in [1.165, 1.54) is 18.4 Å². The number of carbonyl (C=O) groups excluding carboxylic acids is 3. The van der Waals surface area contributed by atoms with E-state index in [4.69, 9.17) is 9.47 Å². The van der Waals surface area contributed by atoms with Gasteiger partial charge in [0.15, 0.2) is 11.7 Å². The average Bonchev–Trinajstić information content (AvgIpc) is 3.14. The maximum atomic E-state index is 12.2. The molecule has 0 aliphatic carbocycles. The summed E-state index contributed by atoms with van der Waals surface area (Å²) in [5, 5.41) is 4.78. The molecule has 2 aromatic rings. The molecular weight excluding hydrogens is 346 g/mol. The molecule has 0 spiro atoms. The zero-order chi connectivity index (χ0) is 18.6. The third-order valence-electron chi connectivity index (χ3n) is 3.47. The highest BCUT2D eigenvalue weighted by atomic mass is 32.1. The Morgan fingerprint density at radius 3 is 2.56 bits per heavy atom. The van der Waals surface area contributed by atoms with Crippen LogP contribution in [-0.4, -0.2) is 41.5 Å². The molecule has 2 aromatic heterocycles. The summed E-state index contributed by atoms with van der Waals surface area (Å²) in [4.78, 5) is 42.9. The fourth-order valence-corrected chi connectivity index (χ4v) is 2.98. The third kappa shape index (κ3) is 4.24. The number of aryl methyl sites for hydroxylation is 2. The van der Waals surface area contributed by atoms with Gasteiger partial charge in [-0.05, 0) is 25.8 Å². The summed E-state index contributed by atoms with van der Waals surface area (Å²) in [6.07, 6.45) is 0.516. The van der Waals surface area contributed by atoms with Crippen LogP contribution in [0.25, 0.3) is 0 Å². The van der Waals surface area contributed by atoms with Gasteiger partial charge in [0.05, 0.1) is 18.4 Å². The fraction of sp³-hybridized carbons (Fsp3) is 0.375. The van der Waals surface area contributed by atoms with Gasteiger partial charge in [-0.3, -0.25) is 10.1 Å². The molecule has 0 unspecified atom stereocenters. The van der Waals surface area contributed by atoms with Crippen LogP contribution < -0.4 is 5.32 Å². The molecule has 0 aliphatic heterocycles. The molecule has 0 radical (unpaired) electrons. The Bertz CT molecular complexity index is 809. The van der Waals surface area contributed by atoms with Crippen molar-refractivity contribution >= 4 is 34.3 Å². The zero-order valence-corrected chi connectivity index (χ0v) is 15.2. The van der Waals surface area contributed by atoms with Gasteiger partial charge in [-0.2, -0.15) is 0 Å². The first kappa shape index (κ1) is 18.7. The van der Waals surface area contributed by atoms with Crippen LogP contribution in [0.1, 0.15) is 44.7 Å². The second kappa shape index (κ2) is 7.93. The van der Waals surface area contributed by atoms with Crippen molar-refractivity contribution < 1.29 is 23.9 Å². The molecule has 2 N–H and O–H groups in total. The molecule has 9 heteroatoms. The molecule has 134 valence electrons. The van der Waals surface area contributed by atoms with Crippen molar-refractivity contribution in [3.8, 4) is 0 Å². The van der Waals surface area contributed by atoms with Crippen LogP contribution in [0.3, 0.4) is 0 Å². The quantitative estimate of drug-likeness (QED) is 0.760. The van der Waals surface area contributed by atoms with E-state index < -0.39 is 24.5 Å². The van der Waals surface area contributed by atoms with Gasteiger partial charge in [0.2, 0.25) is 0 Å². The van der Waals surface area contributed by atoms with Crippen molar-refractivity contribution in [1.82, 2.24) is 9.97 Å². The van der Waals surface area contributed by atoms with E-state index in [2.05, 4.69) is 15.3 Å². The number of nitrogens with zero attached hydrogens (tertiary/aromatic N) is 1. The zero-order valence-electron chi connectivity index (χ0n) is 14.4. The highest BCUT2D eigenvalue weighted by molar-refractivity contribution is 7.13. The molecule has 0 saturated heterocycles. The minimum Gasteiger partial charge on any atom is -0.465 e. The molecule has 8 nitrogen and oxygen atoms in total. The van der Waals surface area contributed by atoms with Gasteiger partial charge in [-0.25, -0.2) is 14.6 Å². The summed E-state index contributed by atoms with van der Waals surface area (Å²) in [7, 11) is 1.27. The van der Waals surface area contributed by atoms with Crippen LogP contribution in [-0.2, 0) is 20.7 Å². The Morgan fingerprint density at radius 1 is 1.28 bits per heavy atom. The van der Waals surface area contributed by atoms with Gasteiger partial charge < -0.3 is 14.5 Å². The summed E-state index contributed by atoms with van der Waals surface area (Å²) >= 11 is 1.28. The number of H-pyrrole nitrogens is 1. The number of methoxy groups -OCH3 is 1. The SMILES string of the molecule is CCc1[nH]c(C(=O)OCC(=O)Nc2nc(C)cs2)c(C)c1C(=O)OC. The van der Waals surface area contributed by atoms with Crippen molar-refractivity contribution in [2.75, 3.05) is 19.0 Å². The molecule has 0 bridgehead atoms. The van der Waals surface area contributed by atoms with Crippen LogP contribution in [0, 0.1) is 13.8 Å². The molecule has 25 heavy (non-hydrogen) atoms. The number of ether oxygens (including phenoxy) is 2. The number of carbonyl (C=O) groups is 3. The van der Waals surface area contributed by atoms with E-state index in [0.29, 0.717) is 28.4 Å². The normalized spacial score (nSPS) is 10.4.